The Hall–Kier alpha value is -2.53. The number of carbonyl (C=O) groups excluding carboxylic acids is 3. The van der Waals surface area contributed by atoms with Crippen molar-refractivity contribution in [3.8, 4) is 0 Å². The van der Waals surface area contributed by atoms with Crippen LogP contribution in [0.1, 0.15) is 25.7 Å². The highest BCUT2D eigenvalue weighted by Crippen LogP contribution is 2.56. The van der Waals surface area contributed by atoms with Gasteiger partial charge in [-0.05, 0) is 32.7 Å². The van der Waals surface area contributed by atoms with E-state index in [9.17, 15) is 14.4 Å². The van der Waals surface area contributed by atoms with E-state index in [0.717, 1.165) is 12.8 Å². The van der Waals surface area contributed by atoms with E-state index in [4.69, 9.17) is 15.3 Å². The lowest BCUT2D eigenvalue weighted by Gasteiger charge is -2.53. The second kappa shape index (κ2) is 10.5. The van der Waals surface area contributed by atoms with Crippen molar-refractivity contribution in [3.63, 3.8) is 0 Å². The van der Waals surface area contributed by atoms with E-state index in [0.29, 0.717) is 12.8 Å². The van der Waals surface area contributed by atoms with Gasteiger partial charge in [-0.1, -0.05) is 18.2 Å². The Balaban J connectivity index is 2.52. The summed E-state index contributed by atoms with van der Waals surface area (Å²) in [5.41, 5.74) is -1.69. The van der Waals surface area contributed by atoms with Gasteiger partial charge in [-0.25, -0.2) is 14.4 Å². The van der Waals surface area contributed by atoms with Crippen molar-refractivity contribution in [2.24, 2.45) is 5.41 Å². The zero-order valence-corrected chi connectivity index (χ0v) is 16.7. The van der Waals surface area contributed by atoms with E-state index in [1.165, 1.54) is 18.2 Å². The highest BCUT2D eigenvalue weighted by Gasteiger charge is 2.57. The minimum Gasteiger partial charge on any atom is -0.436 e. The van der Waals surface area contributed by atoms with Gasteiger partial charge in [0.1, 0.15) is 0 Å². The summed E-state index contributed by atoms with van der Waals surface area (Å²) >= 11 is 0. The molecule has 0 aromatic heterocycles. The number of likely N-dealkylation sites (N-methyl/N-ethyl adjacent to an activating group) is 1. The molecule has 10 heteroatoms. The van der Waals surface area contributed by atoms with E-state index < -0.39 is 49.2 Å². The first-order valence-corrected chi connectivity index (χ1v) is 9.47. The number of rotatable bonds is 9. The van der Waals surface area contributed by atoms with E-state index >= 15 is 0 Å². The van der Waals surface area contributed by atoms with E-state index in [2.05, 4.69) is 19.1 Å². The maximum atomic E-state index is 11.9. The van der Waals surface area contributed by atoms with Crippen LogP contribution in [0.15, 0.2) is 36.5 Å². The number of carbonyl (C=O) groups is 3. The second-order valence-corrected chi connectivity index (χ2v) is 7.08. The first kappa shape index (κ1) is 23.7. The molecule has 3 N–H and O–H groups in total. The molecule has 2 atom stereocenters. The summed E-state index contributed by atoms with van der Waals surface area (Å²) in [6.45, 7) is -2.29. The summed E-state index contributed by atoms with van der Waals surface area (Å²) in [7, 11) is 1.90. The van der Waals surface area contributed by atoms with Crippen LogP contribution < -0.4 is 0 Å². The van der Waals surface area contributed by atoms with Crippen LogP contribution in [0.25, 0.3) is 0 Å². The van der Waals surface area contributed by atoms with Crippen molar-refractivity contribution < 1.29 is 43.9 Å². The normalized spacial score (nSPS) is 29.0. The monoisotopic (exact) mass is 425 g/mol. The van der Waals surface area contributed by atoms with Gasteiger partial charge >= 0.3 is 17.9 Å². The number of esters is 3. The summed E-state index contributed by atoms with van der Waals surface area (Å²) in [5.74, 6) is -2.25. The lowest BCUT2D eigenvalue weighted by atomic mass is 9.63. The summed E-state index contributed by atoms with van der Waals surface area (Å²) in [5, 5.41) is 26.4. The van der Waals surface area contributed by atoms with Crippen LogP contribution in [0.3, 0.4) is 0 Å². The Kier molecular flexibility index (Phi) is 8.30. The Morgan fingerprint density at radius 1 is 0.833 bits per heavy atom. The number of hydrogen-bond donors (Lipinski definition) is 3. The number of ether oxygens (including phenoxy) is 3. The molecule has 10 nitrogen and oxygen atoms in total. The maximum Gasteiger partial charge on any atom is 0.332 e. The Morgan fingerprint density at radius 3 is 1.73 bits per heavy atom. The van der Waals surface area contributed by atoms with Crippen molar-refractivity contribution >= 4 is 17.9 Å². The van der Waals surface area contributed by atoms with Crippen LogP contribution >= 0.6 is 0 Å². The third kappa shape index (κ3) is 4.96. The lowest BCUT2D eigenvalue weighted by Crippen LogP contribution is -2.58. The molecule has 2 heterocycles. The van der Waals surface area contributed by atoms with Crippen LogP contribution in [-0.2, 0) is 28.6 Å². The Bertz CT molecular complexity index is 702. The predicted molar refractivity (Wildman–Crippen MR) is 102 cm³/mol. The lowest BCUT2D eigenvalue weighted by molar-refractivity contribution is -0.146. The molecule has 0 saturated carbocycles. The number of fused-ring (bicyclic) bond motifs is 2. The Morgan fingerprint density at radius 2 is 1.27 bits per heavy atom. The fourth-order valence-corrected chi connectivity index (χ4v) is 4.44. The first-order chi connectivity index (χ1) is 14.3. The Labute approximate surface area is 174 Å². The molecule has 0 aromatic carbocycles. The van der Waals surface area contributed by atoms with Gasteiger partial charge in [0.05, 0.1) is 5.54 Å². The molecule has 0 amide bonds. The molecule has 2 rings (SSSR count). The third-order valence-corrected chi connectivity index (χ3v) is 5.88. The van der Waals surface area contributed by atoms with Gasteiger partial charge in [0.25, 0.3) is 0 Å². The minimum atomic E-state index is -0.909. The zero-order valence-electron chi connectivity index (χ0n) is 16.7. The van der Waals surface area contributed by atoms with E-state index in [-0.39, 0.29) is 6.04 Å². The third-order valence-electron chi connectivity index (χ3n) is 5.88. The summed E-state index contributed by atoms with van der Waals surface area (Å²) in [6.07, 6.45) is 11.2. The van der Waals surface area contributed by atoms with Crippen LogP contribution in [0.4, 0.5) is 0 Å². The number of aliphatic hydroxyl groups excluding tert-OH is 3. The van der Waals surface area contributed by atoms with Gasteiger partial charge < -0.3 is 29.5 Å². The van der Waals surface area contributed by atoms with Gasteiger partial charge in [0.15, 0.2) is 20.4 Å². The first-order valence-electron chi connectivity index (χ1n) is 9.47. The van der Waals surface area contributed by atoms with E-state index in [1.807, 2.05) is 7.05 Å². The van der Waals surface area contributed by atoms with Gasteiger partial charge in [-0.3, -0.25) is 4.90 Å². The van der Waals surface area contributed by atoms with Crippen LogP contribution in [-0.4, -0.2) is 77.1 Å². The number of hydrogen-bond acceptors (Lipinski definition) is 10. The van der Waals surface area contributed by atoms with Crippen LogP contribution in [0.2, 0.25) is 0 Å². The standard InChI is InChI=1S/C20H27NO9/c1-21-15-2-7-19(8-4-16(25)28-12-22,9-5-17(26)29-13-23)20(21,10-3-15)11-6-18(27)30-14-24/h4-6,8-9,11,15,22-24H,2-3,7,10,12-14H2,1H3/t15-,19?,20+/m1/s1. The van der Waals surface area contributed by atoms with E-state index in [1.54, 1.807) is 18.2 Å². The topological polar surface area (TPSA) is 143 Å². The molecule has 0 radical (unpaired) electrons. The molecule has 0 aromatic rings. The van der Waals surface area contributed by atoms with Crippen molar-refractivity contribution in [3.05, 3.63) is 36.5 Å². The average molecular weight is 425 g/mol. The molecule has 2 aliphatic heterocycles. The van der Waals surface area contributed by atoms with Crippen LogP contribution in [0.5, 0.6) is 0 Å². The fraction of sp³-hybridized carbons (Fsp3) is 0.550. The van der Waals surface area contributed by atoms with Gasteiger partial charge in [0.2, 0.25) is 0 Å². The smallest absolute Gasteiger partial charge is 0.332 e. The minimum absolute atomic E-state index is 0.243. The number of piperidine rings is 1. The molecule has 30 heavy (non-hydrogen) atoms. The largest absolute Gasteiger partial charge is 0.436 e. The molecule has 0 aliphatic carbocycles. The molecule has 2 fully saturated rings. The quantitative estimate of drug-likeness (QED) is 0.196. The molecular weight excluding hydrogens is 398 g/mol. The maximum absolute atomic E-state index is 11.9. The summed E-state index contributed by atoms with van der Waals surface area (Å²) in [4.78, 5) is 37.7. The summed E-state index contributed by atoms with van der Waals surface area (Å²) < 4.78 is 13.7. The number of nitrogens with zero attached hydrogens (tertiary/aromatic N) is 1. The van der Waals surface area contributed by atoms with Gasteiger partial charge in [0, 0.05) is 29.7 Å². The SMILES string of the molecule is CN1[C@@H]2CCC(C=CC(=O)OCO)(C=CC(=O)OCO)[C@@]1(C=CC(=O)OCO)CC2. The van der Waals surface area contributed by atoms with Crippen molar-refractivity contribution in [2.45, 2.75) is 37.3 Å². The zero-order chi connectivity index (χ0) is 22.2. The molecule has 166 valence electrons. The molecule has 0 unspecified atom stereocenters. The van der Waals surface area contributed by atoms with Crippen molar-refractivity contribution in [2.75, 3.05) is 27.4 Å². The second-order valence-electron chi connectivity index (χ2n) is 7.08. The fourth-order valence-electron chi connectivity index (χ4n) is 4.44. The van der Waals surface area contributed by atoms with Crippen LogP contribution in [0, 0.1) is 5.41 Å². The molecule has 2 aliphatic rings. The van der Waals surface area contributed by atoms with Gasteiger partial charge in [-0.15, -0.1) is 0 Å². The highest BCUT2D eigenvalue weighted by molar-refractivity contribution is 5.84. The predicted octanol–water partition coefficient (Wildman–Crippen LogP) is -0.253. The average Bonchev–Trinajstić information content (AvgIpc) is 2.94. The van der Waals surface area contributed by atoms with Gasteiger partial charge in [-0.2, -0.15) is 0 Å². The van der Waals surface area contributed by atoms with Crippen molar-refractivity contribution in [1.29, 1.82) is 0 Å². The number of aliphatic hydroxyl groups is 3. The molecule has 2 saturated heterocycles. The summed E-state index contributed by atoms with van der Waals surface area (Å²) in [6, 6.07) is 0.243. The van der Waals surface area contributed by atoms with Crippen molar-refractivity contribution in [1.82, 2.24) is 4.90 Å². The molecule has 0 spiro atoms. The molecular formula is C20H27NO9. The molecule has 2 bridgehead atoms. The highest BCUT2D eigenvalue weighted by atomic mass is 16.6.